The van der Waals surface area contributed by atoms with Crippen LogP contribution >= 0.6 is 15.9 Å². The molecule has 0 radical (unpaired) electrons. The zero-order chi connectivity index (χ0) is 14.4. The van der Waals surface area contributed by atoms with Crippen molar-refractivity contribution in [2.24, 2.45) is 5.92 Å². The fraction of sp³-hybridized carbons (Fsp3) is 0.625. The number of hydrogen-bond donors (Lipinski definition) is 1. The lowest BCUT2D eigenvalue weighted by atomic mass is 10.1. The van der Waals surface area contributed by atoms with Gasteiger partial charge < -0.3 is 5.73 Å². The van der Waals surface area contributed by atoms with E-state index in [2.05, 4.69) is 60.7 Å². The Labute approximate surface area is 126 Å². The molecule has 0 amide bonds. The summed E-state index contributed by atoms with van der Waals surface area (Å²) in [4.78, 5) is 2.57. The third-order valence-electron chi connectivity index (χ3n) is 3.54. The lowest BCUT2D eigenvalue weighted by Crippen LogP contribution is -2.36. The first-order chi connectivity index (χ1) is 8.97. The molecule has 108 valence electrons. The van der Waals surface area contributed by atoms with Crippen molar-refractivity contribution >= 4 is 21.6 Å². The second-order valence-corrected chi connectivity index (χ2v) is 6.55. The molecule has 2 N–H and O–H groups in total. The van der Waals surface area contributed by atoms with Gasteiger partial charge in [-0.15, -0.1) is 0 Å². The van der Waals surface area contributed by atoms with Crippen LogP contribution in [0.1, 0.15) is 46.1 Å². The molecule has 3 heteroatoms. The van der Waals surface area contributed by atoms with E-state index in [9.17, 15) is 0 Å². The highest BCUT2D eigenvalue weighted by molar-refractivity contribution is 9.10. The Hall–Kier alpha value is -0.540. The molecule has 0 heterocycles. The fourth-order valence-corrected chi connectivity index (χ4v) is 2.92. The van der Waals surface area contributed by atoms with Crippen LogP contribution in [0.5, 0.6) is 0 Å². The quantitative estimate of drug-likeness (QED) is 0.737. The number of halogens is 1. The SMILES string of the molecule is CCC(CC)N(Cc1ccc(Br)cc1N)CC(C)C. The van der Waals surface area contributed by atoms with Crippen LogP contribution in [0.3, 0.4) is 0 Å². The maximum absolute atomic E-state index is 6.13. The predicted octanol–water partition coefficient (Wildman–Crippen LogP) is 4.68. The zero-order valence-electron chi connectivity index (χ0n) is 12.6. The molecule has 0 bridgehead atoms. The zero-order valence-corrected chi connectivity index (χ0v) is 14.2. The monoisotopic (exact) mass is 326 g/mol. The van der Waals surface area contributed by atoms with E-state index in [0.717, 1.165) is 23.2 Å². The average molecular weight is 327 g/mol. The molecule has 19 heavy (non-hydrogen) atoms. The van der Waals surface area contributed by atoms with Crippen LogP contribution in [0.2, 0.25) is 0 Å². The summed E-state index contributed by atoms with van der Waals surface area (Å²) in [5.74, 6) is 0.678. The molecule has 0 aliphatic carbocycles. The second-order valence-electron chi connectivity index (χ2n) is 5.64. The molecule has 0 aliphatic rings. The number of nitrogens with zero attached hydrogens (tertiary/aromatic N) is 1. The lowest BCUT2D eigenvalue weighted by Gasteiger charge is -2.32. The lowest BCUT2D eigenvalue weighted by molar-refractivity contribution is 0.158. The number of hydrogen-bond acceptors (Lipinski definition) is 2. The van der Waals surface area contributed by atoms with Gasteiger partial charge in [-0.05, 0) is 36.5 Å². The number of nitrogens with two attached hydrogens (primary N) is 1. The van der Waals surface area contributed by atoms with E-state index in [0.29, 0.717) is 12.0 Å². The first-order valence-electron chi connectivity index (χ1n) is 7.25. The van der Waals surface area contributed by atoms with Crippen molar-refractivity contribution in [3.63, 3.8) is 0 Å². The second kappa shape index (κ2) is 7.91. The molecule has 1 aromatic carbocycles. The fourth-order valence-electron chi connectivity index (χ4n) is 2.55. The van der Waals surface area contributed by atoms with Crippen molar-refractivity contribution in [3.8, 4) is 0 Å². The van der Waals surface area contributed by atoms with Crippen LogP contribution < -0.4 is 5.73 Å². The highest BCUT2D eigenvalue weighted by Crippen LogP contribution is 2.22. The van der Waals surface area contributed by atoms with Crippen molar-refractivity contribution in [1.82, 2.24) is 4.90 Å². The van der Waals surface area contributed by atoms with Crippen LogP contribution in [0.15, 0.2) is 22.7 Å². The van der Waals surface area contributed by atoms with Gasteiger partial charge in [0.15, 0.2) is 0 Å². The third-order valence-corrected chi connectivity index (χ3v) is 4.03. The standard InChI is InChI=1S/C16H27BrN2/c1-5-15(6-2)19(10-12(3)4)11-13-7-8-14(17)9-16(13)18/h7-9,12,15H,5-6,10-11,18H2,1-4H3. The largest absolute Gasteiger partial charge is 0.398 e. The van der Waals surface area contributed by atoms with E-state index in [-0.39, 0.29) is 0 Å². The van der Waals surface area contributed by atoms with Gasteiger partial charge in [0.1, 0.15) is 0 Å². The predicted molar refractivity (Wildman–Crippen MR) is 88.2 cm³/mol. The van der Waals surface area contributed by atoms with Crippen molar-refractivity contribution < 1.29 is 0 Å². The van der Waals surface area contributed by atoms with Crippen LogP contribution in [-0.2, 0) is 6.54 Å². The number of rotatable bonds is 7. The Morgan fingerprint density at radius 3 is 2.32 bits per heavy atom. The molecule has 0 saturated heterocycles. The molecule has 0 atom stereocenters. The summed E-state index contributed by atoms with van der Waals surface area (Å²) in [6, 6.07) is 6.85. The average Bonchev–Trinajstić information content (AvgIpc) is 2.33. The molecule has 1 rings (SSSR count). The van der Waals surface area contributed by atoms with Gasteiger partial charge in [0.05, 0.1) is 0 Å². The Balaban J connectivity index is 2.86. The summed E-state index contributed by atoms with van der Waals surface area (Å²) in [5.41, 5.74) is 8.24. The third kappa shape index (κ3) is 5.15. The summed E-state index contributed by atoms with van der Waals surface area (Å²) in [5, 5.41) is 0. The molecular formula is C16H27BrN2. The molecule has 2 nitrogen and oxygen atoms in total. The van der Waals surface area contributed by atoms with E-state index in [1.807, 2.05) is 6.07 Å². The van der Waals surface area contributed by atoms with Gasteiger partial charge in [0.25, 0.3) is 0 Å². The molecule has 0 saturated carbocycles. The normalized spacial score (nSPS) is 11.8. The van der Waals surface area contributed by atoms with E-state index < -0.39 is 0 Å². The van der Waals surface area contributed by atoms with Crippen LogP contribution in [0, 0.1) is 5.92 Å². The van der Waals surface area contributed by atoms with Gasteiger partial charge in [-0.2, -0.15) is 0 Å². The number of anilines is 1. The summed E-state index contributed by atoms with van der Waals surface area (Å²) >= 11 is 3.47. The van der Waals surface area contributed by atoms with Gasteiger partial charge in [-0.25, -0.2) is 0 Å². The van der Waals surface area contributed by atoms with Crippen LogP contribution in [-0.4, -0.2) is 17.5 Å². The number of benzene rings is 1. The van der Waals surface area contributed by atoms with Gasteiger partial charge in [-0.1, -0.05) is 49.7 Å². The Bertz CT molecular complexity index is 386. The highest BCUT2D eigenvalue weighted by atomic mass is 79.9. The van der Waals surface area contributed by atoms with Gasteiger partial charge in [0, 0.05) is 29.3 Å². The molecule has 0 unspecified atom stereocenters. The Morgan fingerprint density at radius 1 is 1.21 bits per heavy atom. The first kappa shape index (κ1) is 16.5. The van der Waals surface area contributed by atoms with E-state index in [1.165, 1.54) is 18.4 Å². The van der Waals surface area contributed by atoms with Crippen molar-refractivity contribution in [3.05, 3.63) is 28.2 Å². The Kier molecular flexibility index (Phi) is 6.87. The minimum absolute atomic E-state index is 0.644. The van der Waals surface area contributed by atoms with E-state index >= 15 is 0 Å². The van der Waals surface area contributed by atoms with Gasteiger partial charge in [-0.3, -0.25) is 4.90 Å². The molecular weight excluding hydrogens is 300 g/mol. The highest BCUT2D eigenvalue weighted by Gasteiger charge is 2.17. The molecule has 0 spiro atoms. The first-order valence-corrected chi connectivity index (χ1v) is 8.05. The summed E-state index contributed by atoms with van der Waals surface area (Å²) < 4.78 is 1.05. The summed E-state index contributed by atoms with van der Waals surface area (Å²) in [6.07, 6.45) is 2.39. The van der Waals surface area contributed by atoms with Gasteiger partial charge >= 0.3 is 0 Å². The molecule has 1 aromatic rings. The van der Waals surface area contributed by atoms with Gasteiger partial charge in [0.2, 0.25) is 0 Å². The topological polar surface area (TPSA) is 29.3 Å². The minimum atomic E-state index is 0.644. The Morgan fingerprint density at radius 2 is 1.84 bits per heavy atom. The maximum atomic E-state index is 6.13. The van der Waals surface area contributed by atoms with Crippen molar-refractivity contribution in [2.45, 2.75) is 53.1 Å². The van der Waals surface area contributed by atoms with E-state index in [1.54, 1.807) is 0 Å². The molecule has 0 aromatic heterocycles. The van der Waals surface area contributed by atoms with E-state index in [4.69, 9.17) is 5.73 Å². The summed E-state index contributed by atoms with van der Waals surface area (Å²) in [6.45, 7) is 11.2. The van der Waals surface area contributed by atoms with Crippen molar-refractivity contribution in [1.29, 1.82) is 0 Å². The minimum Gasteiger partial charge on any atom is -0.398 e. The number of nitrogen functional groups attached to an aromatic ring is 1. The maximum Gasteiger partial charge on any atom is 0.0371 e. The van der Waals surface area contributed by atoms with Crippen molar-refractivity contribution in [2.75, 3.05) is 12.3 Å². The molecule has 0 fully saturated rings. The molecule has 0 aliphatic heterocycles. The summed E-state index contributed by atoms with van der Waals surface area (Å²) in [7, 11) is 0. The van der Waals surface area contributed by atoms with Crippen LogP contribution in [0.25, 0.3) is 0 Å². The van der Waals surface area contributed by atoms with Crippen LogP contribution in [0.4, 0.5) is 5.69 Å². The smallest absolute Gasteiger partial charge is 0.0371 e.